The first-order chi connectivity index (χ1) is 5.36. The van der Waals surface area contributed by atoms with Gasteiger partial charge in [-0.15, -0.1) is 0 Å². The molecule has 0 aliphatic heterocycles. The smallest absolute Gasteiger partial charge is 0.0571 e. The normalized spacial score (nSPS) is 32.2. The van der Waals surface area contributed by atoms with Gasteiger partial charge in [0.1, 0.15) is 0 Å². The van der Waals surface area contributed by atoms with E-state index in [9.17, 15) is 0 Å². The van der Waals surface area contributed by atoms with Gasteiger partial charge in [0.25, 0.3) is 0 Å². The summed E-state index contributed by atoms with van der Waals surface area (Å²) < 4.78 is 5.32. The quantitative estimate of drug-likeness (QED) is 0.610. The highest BCUT2D eigenvalue weighted by molar-refractivity contribution is 4.71. The lowest BCUT2D eigenvalue weighted by atomic mass is 9.85. The summed E-state index contributed by atoms with van der Waals surface area (Å²) in [7, 11) is 1.84. The highest BCUT2D eigenvalue weighted by Gasteiger charge is 2.19. The zero-order valence-electron chi connectivity index (χ0n) is 7.81. The van der Waals surface area contributed by atoms with Crippen LogP contribution >= 0.6 is 0 Å². The van der Waals surface area contributed by atoms with Gasteiger partial charge in [-0.1, -0.05) is 19.8 Å². The van der Waals surface area contributed by atoms with Crippen molar-refractivity contribution in [1.82, 2.24) is 0 Å². The van der Waals surface area contributed by atoms with Crippen LogP contribution in [0.5, 0.6) is 0 Å². The summed E-state index contributed by atoms with van der Waals surface area (Å²) in [6, 6.07) is 0. The fourth-order valence-corrected chi connectivity index (χ4v) is 2.06. The summed E-state index contributed by atoms with van der Waals surface area (Å²) in [5, 5.41) is 0. The molecular weight excluding hydrogens is 136 g/mol. The summed E-state index contributed by atoms with van der Waals surface area (Å²) in [6.07, 6.45) is 8.72. The largest absolute Gasteiger partial charge is 0.381 e. The first-order valence-electron chi connectivity index (χ1n) is 4.89. The zero-order valence-corrected chi connectivity index (χ0v) is 7.81. The van der Waals surface area contributed by atoms with E-state index in [1.807, 2.05) is 7.11 Å². The fraction of sp³-hybridized carbons (Fsp3) is 1.00. The molecule has 0 unspecified atom stereocenters. The van der Waals surface area contributed by atoms with Gasteiger partial charge in [-0.05, 0) is 31.6 Å². The van der Waals surface area contributed by atoms with Crippen LogP contribution in [-0.2, 0) is 4.74 Å². The molecule has 1 saturated carbocycles. The van der Waals surface area contributed by atoms with Crippen molar-refractivity contribution in [3.8, 4) is 0 Å². The highest BCUT2D eigenvalue weighted by atomic mass is 16.5. The predicted molar refractivity (Wildman–Crippen MR) is 47.7 cm³/mol. The maximum Gasteiger partial charge on any atom is 0.0571 e. The van der Waals surface area contributed by atoms with Gasteiger partial charge in [0.05, 0.1) is 6.10 Å². The first kappa shape index (κ1) is 9.05. The monoisotopic (exact) mass is 156 g/mol. The van der Waals surface area contributed by atoms with Gasteiger partial charge in [0, 0.05) is 7.11 Å². The number of methoxy groups -OCH3 is 1. The second kappa shape index (κ2) is 4.76. The van der Waals surface area contributed by atoms with Gasteiger partial charge >= 0.3 is 0 Å². The molecule has 1 heteroatoms. The Hall–Kier alpha value is -0.0400. The highest BCUT2D eigenvalue weighted by Crippen LogP contribution is 2.28. The molecule has 0 N–H and O–H groups in total. The van der Waals surface area contributed by atoms with Gasteiger partial charge in [-0.2, -0.15) is 0 Å². The summed E-state index contributed by atoms with van der Waals surface area (Å²) >= 11 is 0. The maximum atomic E-state index is 5.32. The van der Waals surface area contributed by atoms with Crippen LogP contribution < -0.4 is 0 Å². The first-order valence-corrected chi connectivity index (χ1v) is 4.89. The topological polar surface area (TPSA) is 9.23 Å². The van der Waals surface area contributed by atoms with Crippen LogP contribution in [0.1, 0.15) is 45.4 Å². The van der Waals surface area contributed by atoms with Crippen LogP contribution in [0, 0.1) is 5.92 Å². The average Bonchev–Trinajstić information content (AvgIpc) is 2.07. The van der Waals surface area contributed by atoms with Gasteiger partial charge in [0.15, 0.2) is 0 Å². The van der Waals surface area contributed by atoms with Crippen molar-refractivity contribution in [2.75, 3.05) is 7.11 Å². The van der Waals surface area contributed by atoms with E-state index in [1.54, 1.807) is 0 Å². The lowest BCUT2D eigenvalue weighted by Gasteiger charge is -2.27. The third-order valence-corrected chi connectivity index (χ3v) is 2.82. The van der Waals surface area contributed by atoms with Crippen molar-refractivity contribution in [2.45, 2.75) is 51.6 Å². The van der Waals surface area contributed by atoms with Gasteiger partial charge in [-0.25, -0.2) is 0 Å². The van der Waals surface area contributed by atoms with Gasteiger partial charge < -0.3 is 4.74 Å². The SMILES string of the molecule is CCC[C@H]1CC[C@H](OC)CC1. The van der Waals surface area contributed by atoms with Gasteiger partial charge in [0.2, 0.25) is 0 Å². The Kier molecular flexibility index (Phi) is 3.92. The molecule has 0 atom stereocenters. The second-order valence-electron chi connectivity index (χ2n) is 3.67. The van der Waals surface area contributed by atoms with Crippen LogP contribution in [-0.4, -0.2) is 13.2 Å². The second-order valence-corrected chi connectivity index (χ2v) is 3.67. The summed E-state index contributed by atoms with van der Waals surface area (Å²) in [5.41, 5.74) is 0. The van der Waals surface area contributed by atoms with Crippen molar-refractivity contribution in [1.29, 1.82) is 0 Å². The third-order valence-electron chi connectivity index (χ3n) is 2.82. The number of ether oxygens (including phenoxy) is 1. The Morgan fingerprint density at radius 1 is 1.18 bits per heavy atom. The number of rotatable bonds is 3. The summed E-state index contributed by atoms with van der Waals surface area (Å²) in [5.74, 6) is 1.01. The summed E-state index contributed by atoms with van der Waals surface area (Å²) in [4.78, 5) is 0. The van der Waals surface area contributed by atoms with E-state index in [1.165, 1.54) is 38.5 Å². The Bertz CT molecular complexity index is 93.0. The predicted octanol–water partition coefficient (Wildman–Crippen LogP) is 2.99. The maximum absolute atomic E-state index is 5.32. The van der Waals surface area contributed by atoms with Crippen LogP contribution in [0.25, 0.3) is 0 Å². The van der Waals surface area contributed by atoms with E-state index >= 15 is 0 Å². The molecule has 66 valence electrons. The molecule has 1 aliphatic rings. The third kappa shape index (κ3) is 2.82. The molecule has 0 saturated heterocycles. The molecule has 0 spiro atoms. The molecular formula is C10H20O. The molecule has 0 radical (unpaired) electrons. The van der Waals surface area contributed by atoms with E-state index in [-0.39, 0.29) is 0 Å². The van der Waals surface area contributed by atoms with E-state index < -0.39 is 0 Å². The minimum Gasteiger partial charge on any atom is -0.381 e. The van der Waals surface area contributed by atoms with Crippen LogP contribution in [0.4, 0.5) is 0 Å². The molecule has 0 aromatic carbocycles. The Morgan fingerprint density at radius 3 is 2.27 bits per heavy atom. The van der Waals surface area contributed by atoms with Crippen molar-refractivity contribution in [3.63, 3.8) is 0 Å². The lowest BCUT2D eigenvalue weighted by Crippen LogP contribution is -2.20. The van der Waals surface area contributed by atoms with Crippen molar-refractivity contribution >= 4 is 0 Å². The molecule has 0 heterocycles. The van der Waals surface area contributed by atoms with Crippen LogP contribution in [0.15, 0.2) is 0 Å². The molecule has 0 aromatic heterocycles. The Morgan fingerprint density at radius 2 is 1.82 bits per heavy atom. The molecule has 0 amide bonds. The Labute approximate surface area is 70.1 Å². The fourth-order valence-electron chi connectivity index (χ4n) is 2.06. The van der Waals surface area contributed by atoms with Crippen molar-refractivity contribution < 1.29 is 4.74 Å². The molecule has 0 bridgehead atoms. The van der Waals surface area contributed by atoms with E-state index in [0.717, 1.165) is 5.92 Å². The van der Waals surface area contributed by atoms with E-state index in [2.05, 4.69) is 6.92 Å². The zero-order chi connectivity index (χ0) is 8.10. The minimum atomic E-state index is 0.572. The summed E-state index contributed by atoms with van der Waals surface area (Å²) in [6.45, 7) is 2.28. The van der Waals surface area contributed by atoms with Gasteiger partial charge in [-0.3, -0.25) is 0 Å². The standard InChI is InChI=1S/C10H20O/c1-3-4-9-5-7-10(11-2)8-6-9/h9-10H,3-8H2,1-2H3/t9-,10-. The van der Waals surface area contributed by atoms with Crippen molar-refractivity contribution in [2.24, 2.45) is 5.92 Å². The lowest BCUT2D eigenvalue weighted by molar-refractivity contribution is 0.0554. The minimum absolute atomic E-state index is 0.572. The molecule has 1 aliphatic carbocycles. The van der Waals surface area contributed by atoms with Crippen LogP contribution in [0.3, 0.4) is 0 Å². The van der Waals surface area contributed by atoms with E-state index in [0.29, 0.717) is 6.10 Å². The van der Waals surface area contributed by atoms with Crippen LogP contribution in [0.2, 0.25) is 0 Å². The molecule has 0 aromatic rings. The molecule has 1 rings (SSSR count). The molecule has 1 fully saturated rings. The average molecular weight is 156 g/mol. The molecule has 1 nitrogen and oxygen atoms in total. The van der Waals surface area contributed by atoms with E-state index in [4.69, 9.17) is 4.74 Å². The molecule has 11 heavy (non-hydrogen) atoms. The number of hydrogen-bond acceptors (Lipinski definition) is 1. The Balaban J connectivity index is 2.14. The number of hydrogen-bond donors (Lipinski definition) is 0. The van der Waals surface area contributed by atoms with Crippen molar-refractivity contribution in [3.05, 3.63) is 0 Å².